The first-order chi connectivity index (χ1) is 6.29. The zero-order valence-corrected chi connectivity index (χ0v) is 9.65. The summed E-state index contributed by atoms with van der Waals surface area (Å²) in [5.41, 5.74) is 0. The van der Waals surface area contributed by atoms with Crippen molar-refractivity contribution in [1.82, 2.24) is 4.90 Å². The van der Waals surface area contributed by atoms with Gasteiger partial charge in [0, 0.05) is 29.6 Å². The van der Waals surface area contributed by atoms with Crippen LogP contribution < -0.4 is 0 Å². The molecule has 1 heterocycles. The monoisotopic (exact) mass is 199 g/mol. The van der Waals surface area contributed by atoms with Gasteiger partial charge >= 0.3 is 0 Å². The lowest BCUT2D eigenvalue weighted by Gasteiger charge is -2.45. The van der Waals surface area contributed by atoms with E-state index in [0.717, 1.165) is 17.3 Å². The maximum absolute atomic E-state index is 2.74. The molecule has 1 saturated heterocycles. The SMILES string of the molecule is CC(C)N1CCSC2CCCCC21. The smallest absolute Gasteiger partial charge is 0.0217 e. The van der Waals surface area contributed by atoms with Gasteiger partial charge in [-0.1, -0.05) is 12.8 Å². The maximum atomic E-state index is 2.74. The van der Waals surface area contributed by atoms with E-state index in [1.165, 1.54) is 38.0 Å². The molecule has 0 bridgehead atoms. The second-order valence-corrected chi connectivity index (χ2v) is 5.94. The first kappa shape index (κ1) is 9.85. The van der Waals surface area contributed by atoms with Gasteiger partial charge in [0.2, 0.25) is 0 Å². The highest BCUT2D eigenvalue weighted by Crippen LogP contribution is 2.36. The van der Waals surface area contributed by atoms with Crippen molar-refractivity contribution in [2.24, 2.45) is 0 Å². The number of fused-ring (bicyclic) bond motifs is 1. The molecule has 2 unspecified atom stereocenters. The lowest BCUT2D eigenvalue weighted by molar-refractivity contribution is 0.127. The van der Waals surface area contributed by atoms with Gasteiger partial charge in [-0.15, -0.1) is 0 Å². The molecule has 2 aliphatic rings. The van der Waals surface area contributed by atoms with E-state index in [0.29, 0.717) is 0 Å². The van der Waals surface area contributed by atoms with E-state index < -0.39 is 0 Å². The zero-order chi connectivity index (χ0) is 9.26. The van der Waals surface area contributed by atoms with Crippen LogP contribution in [0.1, 0.15) is 39.5 Å². The molecule has 1 aliphatic heterocycles. The highest BCUT2D eigenvalue weighted by Gasteiger charge is 2.34. The molecule has 2 heteroatoms. The largest absolute Gasteiger partial charge is 0.296 e. The van der Waals surface area contributed by atoms with Gasteiger partial charge < -0.3 is 0 Å². The minimum atomic E-state index is 0.756. The molecule has 0 N–H and O–H groups in total. The number of thioether (sulfide) groups is 1. The Bertz CT molecular complexity index is 167. The Hall–Kier alpha value is 0.310. The molecule has 13 heavy (non-hydrogen) atoms. The molecule has 2 rings (SSSR count). The highest BCUT2D eigenvalue weighted by molar-refractivity contribution is 8.00. The van der Waals surface area contributed by atoms with E-state index in [4.69, 9.17) is 0 Å². The molecule has 1 aliphatic carbocycles. The van der Waals surface area contributed by atoms with Crippen molar-refractivity contribution >= 4 is 11.8 Å². The summed E-state index contributed by atoms with van der Waals surface area (Å²) in [4.78, 5) is 2.74. The van der Waals surface area contributed by atoms with Crippen LogP contribution in [0.15, 0.2) is 0 Å². The third kappa shape index (κ3) is 2.04. The molecule has 0 amide bonds. The molecule has 0 spiro atoms. The van der Waals surface area contributed by atoms with Crippen LogP contribution in [-0.4, -0.2) is 34.5 Å². The van der Waals surface area contributed by atoms with Crippen molar-refractivity contribution in [2.45, 2.75) is 56.9 Å². The van der Waals surface area contributed by atoms with E-state index in [1.807, 2.05) is 0 Å². The van der Waals surface area contributed by atoms with Gasteiger partial charge in [-0.2, -0.15) is 11.8 Å². The number of hydrogen-bond donors (Lipinski definition) is 0. The van der Waals surface area contributed by atoms with Gasteiger partial charge in [0.1, 0.15) is 0 Å². The van der Waals surface area contributed by atoms with E-state index in [9.17, 15) is 0 Å². The van der Waals surface area contributed by atoms with E-state index in [2.05, 4.69) is 30.5 Å². The summed E-state index contributed by atoms with van der Waals surface area (Å²) in [5, 5.41) is 0.963. The van der Waals surface area contributed by atoms with Crippen LogP contribution >= 0.6 is 11.8 Å². The molecule has 0 aromatic rings. The predicted molar refractivity (Wildman–Crippen MR) is 60.3 cm³/mol. The third-order valence-corrected chi connectivity index (χ3v) is 4.83. The minimum absolute atomic E-state index is 0.756. The van der Waals surface area contributed by atoms with E-state index in [1.54, 1.807) is 0 Å². The number of hydrogen-bond acceptors (Lipinski definition) is 2. The topological polar surface area (TPSA) is 3.24 Å². The Morgan fingerprint density at radius 1 is 1.23 bits per heavy atom. The number of rotatable bonds is 1. The fraction of sp³-hybridized carbons (Fsp3) is 1.00. The van der Waals surface area contributed by atoms with Crippen LogP contribution in [0.4, 0.5) is 0 Å². The summed E-state index contributed by atoms with van der Waals surface area (Å²) in [7, 11) is 0. The van der Waals surface area contributed by atoms with Crippen molar-refractivity contribution in [3.05, 3.63) is 0 Å². The summed E-state index contributed by atoms with van der Waals surface area (Å²) in [5.74, 6) is 1.36. The van der Waals surface area contributed by atoms with Crippen LogP contribution in [0.3, 0.4) is 0 Å². The Morgan fingerprint density at radius 2 is 2.00 bits per heavy atom. The average Bonchev–Trinajstić information content (AvgIpc) is 2.17. The fourth-order valence-electron chi connectivity index (χ4n) is 2.77. The van der Waals surface area contributed by atoms with Gasteiger partial charge in [0.25, 0.3) is 0 Å². The summed E-state index contributed by atoms with van der Waals surface area (Å²) in [6, 6.07) is 1.67. The molecular formula is C11H21NS. The van der Waals surface area contributed by atoms with Crippen molar-refractivity contribution < 1.29 is 0 Å². The van der Waals surface area contributed by atoms with Crippen LogP contribution in [0.25, 0.3) is 0 Å². The third-order valence-electron chi connectivity index (χ3n) is 3.44. The molecule has 76 valence electrons. The van der Waals surface area contributed by atoms with Gasteiger partial charge in [-0.25, -0.2) is 0 Å². The maximum Gasteiger partial charge on any atom is 0.0217 e. The highest BCUT2D eigenvalue weighted by atomic mass is 32.2. The van der Waals surface area contributed by atoms with Crippen molar-refractivity contribution in [3.8, 4) is 0 Å². The fourth-order valence-corrected chi connectivity index (χ4v) is 4.23. The summed E-state index contributed by atoms with van der Waals surface area (Å²) < 4.78 is 0. The molecule has 2 fully saturated rings. The normalized spacial score (nSPS) is 36.2. The second kappa shape index (κ2) is 4.22. The molecule has 1 nitrogen and oxygen atoms in total. The van der Waals surface area contributed by atoms with Crippen LogP contribution in [-0.2, 0) is 0 Å². The number of nitrogens with zero attached hydrogens (tertiary/aromatic N) is 1. The molecule has 0 aromatic heterocycles. The van der Waals surface area contributed by atoms with Crippen LogP contribution in [0, 0.1) is 0 Å². The molecular weight excluding hydrogens is 178 g/mol. The Kier molecular flexibility index (Phi) is 3.20. The van der Waals surface area contributed by atoms with Gasteiger partial charge in [-0.3, -0.25) is 4.90 Å². The first-order valence-corrected chi connectivity index (χ1v) is 6.71. The molecule has 0 radical (unpaired) electrons. The second-order valence-electron chi connectivity index (χ2n) is 4.59. The van der Waals surface area contributed by atoms with Crippen molar-refractivity contribution in [2.75, 3.05) is 12.3 Å². The van der Waals surface area contributed by atoms with E-state index in [-0.39, 0.29) is 0 Å². The predicted octanol–water partition coefficient (Wildman–Crippen LogP) is 2.75. The van der Waals surface area contributed by atoms with E-state index >= 15 is 0 Å². The quantitative estimate of drug-likeness (QED) is 0.639. The average molecular weight is 199 g/mol. The summed E-state index contributed by atoms with van der Waals surface area (Å²) >= 11 is 2.23. The Balaban J connectivity index is 2.02. The Morgan fingerprint density at radius 3 is 2.77 bits per heavy atom. The summed E-state index contributed by atoms with van der Waals surface area (Å²) in [6.07, 6.45) is 5.86. The molecule has 1 saturated carbocycles. The molecule has 0 aromatic carbocycles. The summed E-state index contributed by atoms with van der Waals surface area (Å²) in [6.45, 7) is 6.02. The lowest BCUT2D eigenvalue weighted by Crippen LogP contribution is -2.51. The minimum Gasteiger partial charge on any atom is -0.296 e. The van der Waals surface area contributed by atoms with Crippen molar-refractivity contribution in [1.29, 1.82) is 0 Å². The van der Waals surface area contributed by atoms with Gasteiger partial charge in [0.05, 0.1) is 0 Å². The van der Waals surface area contributed by atoms with Crippen LogP contribution in [0.5, 0.6) is 0 Å². The van der Waals surface area contributed by atoms with Gasteiger partial charge in [-0.05, 0) is 26.7 Å². The standard InChI is InChI=1S/C11H21NS/c1-9(2)12-7-8-13-11-6-4-3-5-10(11)12/h9-11H,3-8H2,1-2H3. The van der Waals surface area contributed by atoms with Crippen molar-refractivity contribution in [3.63, 3.8) is 0 Å². The lowest BCUT2D eigenvalue weighted by atomic mass is 9.92. The van der Waals surface area contributed by atoms with Gasteiger partial charge in [0.15, 0.2) is 0 Å². The first-order valence-electron chi connectivity index (χ1n) is 5.66. The zero-order valence-electron chi connectivity index (χ0n) is 8.83. The Labute approximate surface area is 86.3 Å². The van der Waals surface area contributed by atoms with Crippen LogP contribution in [0.2, 0.25) is 0 Å². The molecule has 2 atom stereocenters.